The predicted octanol–water partition coefficient (Wildman–Crippen LogP) is 1.90. The normalized spacial score (nSPS) is 30.7. The summed E-state index contributed by atoms with van der Waals surface area (Å²) in [6.07, 6.45) is 0. The van der Waals surface area contributed by atoms with Gasteiger partial charge in [0.15, 0.2) is 0 Å². The number of hydrogen-bond acceptors (Lipinski definition) is 5. The highest BCUT2D eigenvalue weighted by atomic mass is 16.4. The molecular formula is C20H26N2O5. The van der Waals surface area contributed by atoms with Gasteiger partial charge in [-0.05, 0) is 58.2 Å². The summed E-state index contributed by atoms with van der Waals surface area (Å²) in [6, 6.07) is 2.85. The Balaban J connectivity index is 2.17. The molecule has 146 valence electrons. The number of fused-ring (bicyclic) bond motifs is 1. The number of phenolic OH excluding ortho intramolecular Hbond substituents is 1. The Morgan fingerprint density at radius 1 is 1.15 bits per heavy atom. The number of amides is 2. The zero-order valence-electron chi connectivity index (χ0n) is 16.5. The number of aromatic hydroxyl groups is 1. The minimum absolute atomic E-state index is 0.166. The summed E-state index contributed by atoms with van der Waals surface area (Å²) in [5.41, 5.74) is -0.321. The molecule has 0 bridgehead atoms. The molecule has 2 amide bonds. The van der Waals surface area contributed by atoms with E-state index in [2.05, 4.69) is 5.32 Å². The summed E-state index contributed by atoms with van der Waals surface area (Å²) >= 11 is 0. The van der Waals surface area contributed by atoms with Crippen molar-refractivity contribution in [3.05, 3.63) is 28.8 Å². The minimum atomic E-state index is -1.55. The Morgan fingerprint density at radius 3 is 2.11 bits per heavy atom. The third kappa shape index (κ3) is 2.64. The van der Waals surface area contributed by atoms with Crippen molar-refractivity contribution in [2.75, 3.05) is 0 Å². The third-order valence-electron chi connectivity index (χ3n) is 5.78. The number of carboxylic acids is 1. The number of carboxylic acid groups (broad SMARTS) is 1. The number of nitrogens with zero attached hydrogens (tertiary/aromatic N) is 1. The largest absolute Gasteiger partial charge is 0.507 e. The van der Waals surface area contributed by atoms with Crippen molar-refractivity contribution in [3.63, 3.8) is 0 Å². The second-order valence-corrected chi connectivity index (χ2v) is 8.82. The van der Waals surface area contributed by atoms with Gasteiger partial charge < -0.3 is 10.2 Å². The highest BCUT2D eigenvalue weighted by Crippen LogP contribution is 2.50. The minimum Gasteiger partial charge on any atom is -0.507 e. The van der Waals surface area contributed by atoms with Gasteiger partial charge in [-0.1, -0.05) is 12.1 Å². The van der Waals surface area contributed by atoms with Crippen LogP contribution in [0.2, 0.25) is 0 Å². The van der Waals surface area contributed by atoms with Crippen LogP contribution in [0.1, 0.15) is 50.4 Å². The Morgan fingerprint density at radius 2 is 1.67 bits per heavy atom. The molecule has 2 saturated heterocycles. The first kappa shape index (κ1) is 19.4. The molecule has 0 spiro atoms. The average molecular weight is 374 g/mol. The maximum atomic E-state index is 13.2. The van der Waals surface area contributed by atoms with Gasteiger partial charge in [-0.25, -0.2) is 0 Å². The number of likely N-dealkylation sites (tertiary alicyclic amines) is 1. The van der Waals surface area contributed by atoms with E-state index < -0.39 is 40.8 Å². The van der Waals surface area contributed by atoms with E-state index in [1.165, 1.54) is 11.8 Å². The first-order valence-corrected chi connectivity index (χ1v) is 9.00. The summed E-state index contributed by atoms with van der Waals surface area (Å²) in [5, 5.41) is 22.9. The number of carbonyl (C=O) groups excluding carboxylic acids is 2. The zero-order chi connectivity index (χ0) is 20.5. The number of hydrogen-bond donors (Lipinski definition) is 3. The van der Waals surface area contributed by atoms with Gasteiger partial charge in [0.05, 0.1) is 11.8 Å². The topological polar surface area (TPSA) is 107 Å². The molecular weight excluding hydrogens is 348 g/mol. The number of rotatable bonds is 2. The molecule has 0 aliphatic carbocycles. The summed E-state index contributed by atoms with van der Waals surface area (Å²) in [7, 11) is 0. The monoisotopic (exact) mass is 374 g/mol. The van der Waals surface area contributed by atoms with Crippen LogP contribution in [0.3, 0.4) is 0 Å². The number of nitrogens with one attached hydrogen (secondary N) is 1. The van der Waals surface area contributed by atoms with Gasteiger partial charge in [-0.2, -0.15) is 0 Å². The second kappa shape index (κ2) is 5.79. The Labute approximate surface area is 158 Å². The number of imide groups is 1. The van der Waals surface area contributed by atoms with Crippen molar-refractivity contribution in [3.8, 4) is 5.75 Å². The molecule has 3 rings (SSSR count). The van der Waals surface area contributed by atoms with Crippen molar-refractivity contribution < 1.29 is 24.6 Å². The third-order valence-corrected chi connectivity index (χ3v) is 5.78. The number of phenols is 1. The van der Waals surface area contributed by atoms with Crippen LogP contribution in [-0.4, -0.2) is 44.0 Å². The van der Waals surface area contributed by atoms with Crippen LogP contribution < -0.4 is 5.32 Å². The van der Waals surface area contributed by atoms with Crippen molar-refractivity contribution >= 4 is 17.8 Å². The fraction of sp³-hybridized carbons (Fsp3) is 0.550. The van der Waals surface area contributed by atoms with Gasteiger partial charge >= 0.3 is 5.97 Å². The highest BCUT2D eigenvalue weighted by Gasteiger charge is 2.67. The second-order valence-electron chi connectivity index (χ2n) is 8.82. The molecule has 27 heavy (non-hydrogen) atoms. The highest BCUT2D eigenvalue weighted by molar-refractivity contribution is 6.10. The Bertz CT molecular complexity index is 833. The fourth-order valence-corrected chi connectivity index (χ4v) is 4.45. The molecule has 7 heteroatoms. The quantitative estimate of drug-likeness (QED) is 0.683. The molecule has 1 aromatic rings. The molecule has 0 radical (unpaired) electrons. The smallest absolute Gasteiger partial charge is 0.324 e. The van der Waals surface area contributed by atoms with E-state index in [1.54, 1.807) is 46.8 Å². The Hall–Kier alpha value is -2.41. The van der Waals surface area contributed by atoms with Crippen molar-refractivity contribution in [2.45, 2.75) is 58.7 Å². The van der Waals surface area contributed by atoms with Crippen LogP contribution in [0, 0.1) is 25.7 Å². The lowest BCUT2D eigenvalue weighted by Crippen LogP contribution is -2.55. The predicted molar refractivity (Wildman–Crippen MR) is 98.1 cm³/mol. The van der Waals surface area contributed by atoms with E-state index in [4.69, 9.17) is 0 Å². The van der Waals surface area contributed by atoms with Gasteiger partial charge in [0, 0.05) is 11.6 Å². The molecule has 2 aliphatic rings. The lowest BCUT2D eigenvalue weighted by Gasteiger charge is -2.34. The number of aryl methyl sites for hydroxylation is 2. The van der Waals surface area contributed by atoms with Crippen LogP contribution in [0.15, 0.2) is 12.1 Å². The SMILES string of the molecule is Cc1cc(C2NC(C)(C(=O)O)C3C(=O)N(C(C)(C)C)C(=O)C23)cc(C)c1O. The first-order valence-electron chi connectivity index (χ1n) is 9.00. The lowest BCUT2D eigenvalue weighted by molar-refractivity contribution is -0.152. The van der Waals surface area contributed by atoms with Gasteiger partial charge in [0.1, 0.15) is 11.3 Å². The summed E-state index contributed by atoms with van der Waals surface area (Å²) < 4.78 is 0. The van der Waals surface area contributed by atoms with Crippen LogP contribution >= 0.6 is 0 Å². The van der Waals surface area contributed by atoms with E-state index in [9.17, 15) is 24.6 Å². The number of benzene rings is 1. The summed E-state index contributed by atoms with van der Waals surface area (Å²) in [6.45, 7) is 10.2. The molecule has 4 unspecified atom stereocenters. The summed E-state index contributed by atoms with van der Waals surface area (Å²) in [5.74, 6) is -3.60. The standard InChI is InChI=1S/C20H26N2O5/c1-9-7-11(8-10(2)15(9)23)14-12-13(20(6,21-14)18(26)27)17(25)22(16(12)24)19(3,4)5/h7-8,12-14,21,23H,1-6H3,(H,26,27). The molecule has 4 atom stereocenters. The zero-order valence-corrected chi connectivity index (χ0v) is 16.5. The van der Waals surface area contributed by atoms with E-state index in [0.29, 0.717) is 16.7 Å². The van der Waals surface area contributed by atoms with E-state index in [1.807, 2.05) is 0 Å². The van der Waals surface area contributed by atoms with Gasteiger partial charge in [-0.15, -0.1) is 0 Å². The fourth-order valence-electron chi connectivity index (χ4n) is 4.45. The molecule has 1 aromatic carbocycles. The van der Waals surface area contributed by atoms with Gasteiger partial charge in [-0.3, -0.25) is 24.6 Å². The van der Waals surface area contributed by atoms with Gasteiger partial charge in [0.2, 0.25) is 11.8 Å². The lowest BCUT2D eigenvalue weighted by atomic mass is 9.80. The molecule has 2 heterocycles. The van der Waals surface area contributed by atoms with Crippen molar-refractivity contribution in [1.29, 1.82) is 0 Å². The summed E-state index contributed by atoms with van der Waals surface area (Å²) in [4.78, 5) is 39.5. The molecule has 2 fully saturated rings. The van der Waals surface area contributed by atoms with E-state index >= 15 is 0 Å². The number of aliphatic carboxylic acids is 1. The van der Waals surface area contributed by atoms with E-state index in [0.717, 1.165) is 0 Å². The Kier molecular flexibility index (Phi) is 4.15. The van der Waals surface area contributed by atoms with Crippen LogP contribution in [-0.2, 0) is 14.4 Å². The van der Waals surface area contributed by atoms with Gasteiger partial charge in [0.25, 0.3) is 0 Å². The molecule has 3 N–H and O–H groups in total. The van der Waals surface area contributed by atoms with Crippen LogP contribution in [0.25, 0.3) is 0 Å². The molecule has 0 aromatic heterocycles. The van der Waals surface area contributed by atoms with Crippen LogP contribution in [0.4, 0.5) is 0 Å². The van der Waals surface area contributed by atoms with Crippen molar-refractivity contribution in [2.24, 2.45) is 11.8 Å². The molecule has 0 saturated carbocycles. The maximum Gasteiger partial charge on any atom is 0.324 e. The average Bonchev–Trinajstić information content (AvgIpc) is 2.99. The van der Waals surface area contributed by atoms with E-state index in [-0.39, 0.29) is 11.7 Å². The maximum absolute atomic E-state index is 13.2. The van der Waals surface area contributed by atoms with Crippen LogP contribution in [0.5, 0.6) is 5.75 Å². The number of carbonyl (C=O) groups is 3. The molecule has 7 nitrogen and oxygen atoms in total. The molecule has 2 aliphatic heterocycles. The first-order chi connectivity index (χ1) is 12.3. The van der Waals surface area contributed by atoms with Crippen molar-refractivity contribution in [1.82, 2.24) is 10.2 Å².